The Morgan fingerprint density at radius 1 is 0.333 bits per heavy atom. The van der Waals surface area contributed by atoms with Gasteiger partial charge in [-0.05, 0) is 144 Å². The van der Waals surface area contributed by atoms with Crippen molar-refractivity contribution in [1.29, 1.82) is 0 Å². The summed E-state index contributed by atoms with van der Waals surface area (Å²) in [5.74, 6) is 0. The summed E-state index contributed by atoms with van der Waals surface area (Å²) in [7, 11) is 0. The Morgan fingerprint density at radius 2 is 0.795 bits per heavy atom. The van der Waals surface area contributed by atoms with E-state index in [4.69, 9.17) is 8.83 Å². The number of allylic oxidation sites excluding steroid dienone is 1. The van der Waals surface area contributed by atoms with Gasteiger partial charge in [0.1, 0.15) is 22.3 Å². The molecule has 0 unspecified atom stereocenters. The normalized spacial score (nSPS) is 13.0. The van der Waals surface area contributed by atoms with Gasteiger partial charge in [-0.25, -0.2) is 0 Å². The van der Waals surface area contributed by atoms with Crippen LogP contribution in [0.5, 0.6) is 0 Å². The highest BCUT2D eigenvalue weighted by atomic mass is 32.1. The molecule has 0 saturated heterocycles. The first-order valence-corrected chi connectivity index (χ1v) is 28.4. The van der Waals surface area contributed by atoms with Crippen LogP contribution in [0.1, 0.15) is 16.9 Å². The lowest BCUT2D eigenvalue weighted by atomic mass is 9.97. The lowest BCUT2D eigenvalue weighted by Crippen LogP contribution is -1.94. The molecule has 1 aliphatic carbocycles. The summed E-state index contributed by atoms with van der Waals surface area (Å²) in [6.07, 6.45) is 6.88. The third-order valence-electron chi connectivity index (χ3n) is 16.8. The van der Waals surface area contributed by atoms with Crippen molar-refractivity contribution >= 4 is 146 Å². The number of hydrogen-bond acceptors (Lipinski definition) is 4. The molecule has 0 amide bonds. The molecule has 1 aliphatic rings. The van der Waals surface area contributed by atoms with Crippen molar-refractivity contribution in [1.82, 2.24) is 9.13 Å². The van der Waals surface area contributed by atoms with Gasteiger partial charge in [0.2, 0.25) is 0 Å². The van der Waals surface area contributed by atoms with Gasteiger partial charge < -0.3 is 18.0 Å². The van der Waals surface area contributed by atoms with Crippen LogP contribution in [0.4, 0.5) is 0 Å². The van der Waals surface area contributed by atoms with Crippen molar-refractivity contribution < 1.29 is 8.83 Å². The maximum atomic E-state index is 6.64. The molecule has 0 atom stereocenters. The standard InChI is InChI=1S/C72H42N2O2S2/c1-5-19-65-49(11-1)53-17-9-15-47(71(53)75-65)43-25-31-63-57(37-43)55-35-41(23-29-61(55)73(63)45-27-33-69-59(39-45)51-13-3-7-21-67(51)77-69)42-24-30-62-56(36-42)58-38-44(48-16-10-18-54-50-12-2-6-20-66(50)76-72(48)54)26-32-64(58)74(62)46-28-34-70-60(40-46)52-14-4-8-22-68(52)78-70/h1-7,9-21,23-40H,8,22H2. The zero-order valence-electron chi connectivity index (χ0n) is 41.9. The molecule has 17 aromatic rings. The van der Waals surface area contributed by atoms with Crippen LogP contribution in [0, 0.1) is 0 Å². The number of fused-ring (bicyclic) bond motifs is 18. The Kier molecular flexibility index (Phi) is 8.79. The molecule has 6 aromatic heterocycles. The van der Waals surface area contributed by atoms with Gasteiger partial charge in [-0.1, -0.05) is 127 Å². The van der Waals surface area contributed by atoms with Crippen LogP contribution in [0.15, 0.2) is 233 Å². The summed E-state index contributed by atoms with van der Waals surface area (Å²) in [4.78, 5) is 1.48. The maximum Gasteiger partial charge on any atom is 0.143 e. The molecule has 0 aliphatic heterocycles. The Bertz CT molecular complexity index is 5480. The average molecular weight is 1030 g/mol. The number of furan rings is 2. The van der Waals surface area contributed by atoms with E-state index in [9.17, 15) is 0 Å². The van der Waals surface area contributed by atoms with Gasteiger partial charge in [-0.3, -0.25) is 0 Å². The largest absolute Gasteiger partial charge is 0.455 e. The minimum absolute atomic E-state index is 0.901. The fourth-order valence-corrected chi connectivity index (χ4v) is 15.5. The number of para-hydroxylation sites is 4. The molecule has 78 heavy (non-hydrogen) atoms. The molecule has 6 heterocycles. The van der Waals surface area contributed by atoms with Crippen molar-refractivity contribution in [2.75, 3.05) is 0 Å². The minimum Gasteiger partial charge on any atom is -0.455 e. The molecule has 0 saturated carbocycles. The maximum absolute atomic E-state index is 6.64. The van der Waals surface area contributed by atoms with Gasteiger partial charge in [0, 0.05) is 101 Å². The Hall–Kier alpha value is -9.46. The number of aryl methyl sites for hydroxylation is 1. The molecule has 18 rings (SSSR count). The highest BCUT2D eigenvalue weighted by Crippen LogP contribution is 2.46. The number of hydrogen-bond donors (Lipinski definition) is 0. The number of thiophene rings is 2. The monoisotopic (exact) mass is 1030 g/mol. The lowest BCUT2D eigenvalue weighted by molar-refractivity contribution is 0.669. The van der Waals surface area contributed by atoms with E-state index >= 15 is 0 Å². The van der Waals surface area contributed by atoms with E-state index in [2.05, 4.69) is 228 Å². The molecule has 0 spiro atoms. The number of nitrogens with zero attached hydrogens (tertiary/aromatic N) is 2. The second-order valence-corrected chi connectivity index (χ2v) is 23.2. The van der Waals surface area contributed by atoms with Crippen molar-refractivity contribution in [2.24, 2.45) is 0 Å². The summed E-state index contributed by atoms with van der Waals surface area (Å²) in [5.41, 5.74) is 18.7. The third-order valence-corrected chi connectivity index (χ3v) is 19.2. The SMILES string of the molecule is C1=Cc2c(sc3ccc(-n4c5ccc(-c6ccc7c(c6)c6cc(-c8cccc9c8oc8ccccc89)ccc6n7-c6ccc7sc8ccccc8c7c6)cc5c5cc(-c6cccc7c6oc6ccccc67)ccc54)cc23)CC1. The summed E-state index contributed by atoms with van der Waals surface area (Å²) < 4.78 is 22.2. The first-order chi connectivity index (χ1) is 38.6. The van der Waals surface area contributed by atoms with Crippen LogP contribution >= 0.6 is 22.7 Å². The van der Waals surface area contributed by atoms with E-state index in [-0.39, 0.29) is 0 Å². The highest BCUT2D eigenvalue weighted by Gasteiger charge is 2.22. The Labute approximate surface area is 454 Å². The van der Waals surface area contributed by atoms with Gasteiger partial charge in [-0.15, -0.1) is 22.7 Å². The average Bonchev–Trinajstić information content (AvgIpc) is 4.37. The van der Waals surface area contributed by atoms with E-state index in [1.54, 1.807) is 0 Å². The number of rotatable bonds is 5. The highest BCUT2D eigenvalue weighted by molar-refractivity contribution is 7.25. The lowest BCUT2D eigenvalue weighted by Gasteiger charge is -2.10. The van der Waals surface area contributed by atoms with E-state index in [1.165, 1.54) is 79.0 Å². The minimum atomic E-state index is 0.901. The van der Waals surface area contributed by atoms with Crippen LogP contribution in [0.3, 0.4) is 0 Å². The molecule has 4 nitrogen and oxygen atoms in total. The molecular weight excluding hydrogens is 989 g/mol. The second kappa shape index (κ2) is 16.0. The van der Waals surface area contributed by atoms with Crippen LogP contribution in [0.25, 0.3) is 169 Å². The quantitative estimate of drug-likeness (QED) is 0.172. The van der Waals surface area contributed by atoms with Crippen LogP contribution in [-0.2, 0) is 6.42 Å². The zero-order valence-corrected chi connectivity index (χ0v) is 43.5. The summed E-state index contributed by atoms with van der Waals surface area (Å²) in [6, 6.07) is 80.7. The molecule has 6 heteroatoms. The van der Waals surface area contributed by atoms with Crippen LogP contribution in [0.2, 0.25) is 0 Å². The van der Waals surface area contributed by atoms with E-state index in [1.807, 2.05) is 34.8 Å². The van der Waals surface area contributed by atoms with Crippen molar-refractivity contribution in [3.63, 3.8) is 0 Å². The van der Waals surface area contributed by atoms with Crippen molar-refractivity contribution in [3.05, 3.63) is 235 Å². The van der Waals surface area contributed by atoms with Crippen LogP contribution < -0.4 is 0 Å². The summed E-state index contributed by atoms with van der Waals surface area (Å²) in [6.45, 7) is 0. The first-order valence-electron chi connectivity index (χ1n) is 26.8. The van der Waals surface area contributed by atoms with Gasteiger partial charge in [0.05, 0.1) is 22.1 Å². The fraction of sp³-hybridized carbons (Fsp3) is 0.0278. The molecule has 0 bridgehead atoms. The Balaban J connectivity index is 0.862. The van der Waals surface area contributed by atoms with Crippen LogP contribution in [-0.4, -0.2) is 9.13 Å². The fourth-order valence-electron chi connectivity index (χ4n) is 13.2. The second-order valence-electron chi connectivity index (χ2n) is 21.0. The zero-order chi connectivity index (χ0) is 50.7. The van der Waals surface area contributed by atoms with E-state index in [0.29, 0.717) is 0 Å². The molecular formula is C72H42N2O2S2. The molecule has 0 N–H and O–H groups in total. The molecule has 0 fully saturated rings. The van der Waals surface area contributed by atoms with Gasteiger partial charge in [0.25, 0.3) is 0 Å². The van der Waals surface area contributed by atoms with Crippen molar-refractivity contribution in [3.8, 4) is 44.8 Å². The number of benzene rings is 11. The van der Waals surface area contributed by atoms with Gasteiger partial charge in [-0.2, -0.15) is 0 Å². The predicted octanol–water partition coefficient (Wildman–Crippen LogP) is 21.2. The number of aromatic nitrogens is 2. The summed E-state index contributed by atoms with van der Waals surface area (Å²) in [5, 5.41) is 13.2. The predicted molar refractivity (Wildman–Crippen MR) is 332 cm³/mol. The van der Waals surface area contributed by atoms with E-state index < -0.39 is 0 Å². The molecule has 0 radical (unpaired) electrons. The molecule has 11 aromatic carbocycles. The summed E-state index contributed by atoms with van der Waals surface area (Å²) >= 11 is 3.80. The third kappa shape index (κ3) is 6.10. The topological polar surface area (TPSA) is 36.1 Å². The Morgan fingerprint density at radius 3 is 1.37 bits per heavy atom. The molecule has 364 valence electrons. The van der Waals surface area contributed by atoms with Crippen molar-refractivity contribution in [2.45, 2.75) is 12.8 Å². The first kappa shape index (κ1) is 42.7. The van der Waals surface area contributed by atoms with Gasteiger partial charge >= 0.3 is 0 Å². The smallest absolute Gasteiger partial charge is 0.143 e. The van der Waals surface area contributed by atoms with E-state index in [0.717, 1.165) is 107 Å². The van der Waals surface area contributed by atoms with Gasteiger partial charge in [0.15, 0.2) is 0 Å².